The summed E-state index contributed by atoms with van der Waals surface area (Å²) in [4.78, 5) is 10.9. The minimum Gasteiger partial charge on any atom is -0.456 e. The van der Waals surface area contributed by atoms with E-state index < -0.39 is 0 Å². The molecule has 0 aromatic heterocycles. The van der Waals surface area contributed by atoms with E-state index in [1.54, 1.807) is 0 Å². The molecule has 0 aliphatic rings. The van der Waals surface area contributed by atoms with E-state index in [0.717, 1.165) is 31.6 Å². The fourth-order valence-electron chi connectivity index (χ4n) is 1.94. The summed E-state index contributed by atoms with van der Waals surface area (Å²) in [5.74, 6) is 1.50. The third-order valence-electron chi connectivity index (χ3n) is 3.19. The maximum Gasteiger partial charge on any atom is 0.217 e. The van der Waals surface area contributed by atoms with Gasteiger partial charge in [0.05, 0.1) is 4.47 Å². The quantitative estimate of drug-likeness (QED) is 0.665. The fraction of sp³-hybridized carbons (Fsp3) is 0.167. The first kappa shape index (κ1) is 17.8. The molecule has 0 bridgehead atoms. The summed E-state index contributed by atoms with van der Waals surface area (Å²) in [6.07, 6.45) is 1.99. The number of allylic oxidation sites excluding steroid dienone is 1. The van der Waals surface area contributed by atoms with Crippen LogP contribution in [0.2, 0.25) is 0 Å². The molecule has 0 atom stereocenters. The van der Waals surface area contributed by atoms with Crippen LogP contribution in [-0.4, -0.2) is 12.5 Å². The Morgan fingerprint density at radius 2 is 1.83 bits per heavy atom. The molecule has 0 fully saturated rings. The Morgan fingerprint density at radius 1 is 1.13 bits per heavy atom. The van der Waals surface area contributed by atoms with E-state index in [2.05, 4.69) is 37.2 Å². The lowest BCUT2D eigenvalue weighted by molar-refractivity contribution is -0.118. The Kier molecular flexibility index (Phi) is 6.42. The van der Waals surface area contributed by atoms with Crippen LogP contribution in [0.15, 0.2) is 57.5 Å². The molecular weight excluding hydrogens is 422 g/mol. The van der Waals surface area contributed by atoms with Gasteiger partial charge in [-0.05, 0) is 64.3 Å². The van der Waals surface area contributed by atoms with Gasteiger partial charge < -0.3 is 10.1 Å². The zero-order valence-corrected chi connectivity index (χ0v) is 16.1. The van der Waals surface area contributed by atoms with Gasteiger partial charge in [-0.1, -0.05) is 34.1 Å². The minimum atomic E-state index is -0.0297. The second kappa shape index (κ2) is 8.31. The molecule has 2 aromatic carbocycles. The van der Waals surface area contributed by atoms with E-state index >= 15 is 0 Å². The van der Waals surface area contributed by atoms with Crippen molar-refractivity contribution in [3.8, 4) is 11.5 Å². The maximum absolute atomic E-state index is 10.9. The molecule has 2 rings (SSSR count). The number of hydrogen-bond acceptors (Lipinski definition) is 2. The predicted molar refractivity (Wildman–Crippen MR) is 101 cm³/mol. The third-order valence-corrected chi connectivity index (χ3v) is 4.30. The molecule has 0 aliphatic heterocycles. The second-order valence-electron chi connectivity index (χ2n) is 5.03. The van der Waals surface area contributed by atoms with E-state index in [0.29, 0.717) is 6.54 Å². The normalized spacial score (nSPS) is 11.2. The molecule has 0 saturated heterocycles. The molecule has 3 nitrogen and oxygen atoms in total. The van der Waals surface area contributed by atoms with Crippen LogP contribution < -0.4 is 10.1 Å². The number of halogens is 2. The summed E-state index contributed by atoms with van der Waals surface area (Å²) in [5.41, 5.74) is 2.20. The zero-order valence-electron chi connectivity index (χ0n) is 12.9. The Morgan fingerprint density at radius 3 is 2.43 bits per heavy atom. The van der Waals surface area contributed by atoms with Gasteiger partial charge in [0.15, 0.2) is 0 Å². The number of hydrogen-bond donors (Lipinski definition) is 1. The van der Waals surface area contributed by atoms with Crippen LogP contribution in [0.25, 0.3) is 5.57 Å². The lowest BCUT2D eigenvalue weighted by Crippen LogP contribution is -2.19. The number of carbonyl (C=O) groups excluding carboxylic acids is 1. The number of carbonyl (C=O) groups is 1. The molecule has 0 saturated carbocycles. The van der Waals surface area contributed by atoms with Crippen LogP contribution >= 0.6 is 31.9 Å². The second-order valence-corrected chi connectivity index (χ2v) is 6.80. The van der Waals surface area contributed by atoms with E-state index in [4.69, 9.17) is 4.74 Å². The predicted octanol–water partition coefficient (Wildman–Crippen LogP) is 5.54. The van der Waals surface area contributed by atoms with Gasteiger partial charge in [0.1, 0.15) is 11.5 Å². The van der Waals surface area contributed by atoms with E-state index in [9.17, 15) is 4.79 Å². The summed E-state index contributed by atoms with van der Waals surface area (Å²) >= 11 is 6.90. The van der Waals surface area contributed by atoms with Gasteiger partial charge in [0.25, 0.3) is 0 Å². The highest BCUT2D eigenvalue weighted by Crippen LogP contribution is 2.32. The summed E-state index contributed by atoms with van der Waals surface area (Å²) in [7, 11) is 0. The SMILES string of the molecule is CC(=O)NCC=C(C)c1ccc(Oc2ccc(Br)cc2Br)cc1. The van der Waals surface area contributed by atoms with Crippen molar-refractivity contribution >= 4 is 43.3 Å². The van der Waals surface area contributed by atoms with E-state index in [1.807, 2.05) is 55.5 Å². The van der Waals surface area contributed by atoms with Crippen LogP contribution in [0.4, 0.5) is 0 Å². The molecule has 120 valence electrons. The molecule has 0 unspecified atom stereocenters. The van der Waals surface area contributed by atoms with E-state index in [1.165, 1.54) is 6.92 Å². The fourth-order valence-corrected chi connectivity index (χ4v) is 3.06. The maximum atomic E-state index is 10.9. The van der Waals surface area contributed by atoms with E-state index in [-0.39, 0.29) is 5.91 Å². The van der Waals surface area contributed by atoms with Crippen LogP contribution in [0.5, 0.6) is 11.5 Å². The van der Waals surface area contributed by atoms with Crippen molar-refractivity contribution in [1.29, 1.82) is 0 Å². The van der Waals surface area contributed by atoms with Gasteiger partial charge in [-0.2, -0.15) is 0 Å². The van der Waals surface area contributed by atoms with Crippen molar-refractivity contribution in [3.05, 3.63) is 63.0 Å². The first-order valence-electron chi connectivity index (χ1n) is 7.10. The molecule has 23 heavy (non-hydrogen) atoms. The Labute approximate surface area is 153 Å². The minimum absolute atomic E-state index is 0.0297. The molecule has 0 radical (unpaired) electrons. The summed E-state index contributed by atoms with van der Waals surface area (Å²) < 4.78 is 7.75. The van der Waals surface area contributed by atoms with Crippen molar-refractivity contribution in [2.45, 2.75) is 13.8 Å². The van der Waals surface area contributed by atoms with Crippen molar-refractivity contribution in [1.82, 2.24) is 5.32 Å². The van der Waals surface area contributed by atoms with Crippen LogP contribution in [-0.2, 0) is 4.79 Å². The van der Waals surface area contributed by atoms with Crippen molar-refractivity contribution in [2.24, 2.45) is 0 Å². The first-order valence-corrected chi connectivity index (χ1v) is 8.69. The lowest BCUT2D eigenvalue weighted by Gasteiger charge is -2.09. The molecule has 0 aliphatic carbocycles. The van der Waals surface area contributed by atoms with Crippen LogP contribution in [0.1, 0.15) is 19.4 Å². The molecule has 1 N–H and O–H groups in total. The number of rotatable bonds is 5. The first-order chi connectivity index (χ1) is 11.0. The Bertz CT molecular complexity index is 724. The zero-order chi connectivity index (χ0) is 16.8. The summed E-state index contributed by atoms with van der Waals surface area (Å²) in [5, 5.41) is 2.75. The standard InChI is InChI=1S/C18H17Br2NO2/c1-12(9-10-21-13(2)22)14-3-6-16(7-4-14)23-18-8-5-15(19)11-17(18)20/h3-9,11H,10H2,1-2H3,(H,21,22). The van der Waals surface area contributed by atoms with Crippen molar-refractivity contribution < 1.29 is 9.53 Å². The largest absolute Gasteiger partial charge is 0.456 e. The average molecular weight is 439 g/mol. The van der Waals surface area contributed by atoms with Crippen LogP contribution in [0, 0.1) is 0 Å². The molecule has 1 amide bonds. The highest BCUT2D eigenvalue weighted by molar-refractivity contribution is 9.11. The molecule has 0 heterocycles. The third kappa shape index (κ3) is 5.52. The smallest absolute Gasteiger partial charge is 0.217 e. The number of nitrogens with one attached hydrogen (secondary N) is 1. The number of ether oxygens (including phenoxy) is 1. The number of benzene rings is 2. The van der Waals surface area contributed by atoms with Gasteiger partial charge in [-0.25, -0.2) is 0 Å². The number of amides is 1. The molecule has 5 heteroatoms. The van der Waals surface area contributed by atoms with Crippen molar-refractivity contribution in [2.75, 3.05) is 6.54 Å². The van der Waals surface area contributed by atoms with Crippen molar-refractivity contribution in [3.63, 3.8) is 0 Å². The summed E-state index contributed by atoms with van der Waals surface area (Å²) in [6.45, 7) is 4.06. The summed E-state index contributed by atoms with van der Waals surface area (Å²) in [6, 6.07) is 13.6. The average Bonchev–Trinajstić information content (AvgIpc) is 2.50. The Balaban J connectivity index is 2.05. The van der Waals surface area contributed by atoms with Gasteiger partial charge in [-0.3, -0.25) is 4.79 Å². The van der Waals surface area contributed by atoms with Gasteiger partial charge in [0.2, 0.25) is 5.91 Å². The lowest BCUT2D eigenvalue weighted by atomic mass is 10.1. The Hall–Kier alpha value is -1.59. The topological polar surface area (TPSA) is 38.3 Å². The highest BCUT2D eigenvalue weighted by atomic mass is 79.9. The highest BCUT2D eigenvalue weighted by Gasteiger charge is 2.04. The van der Waals surface area contributed by atoms with Crippen LogP contribution in [0.3, 0.4) is 0 Å². The van der Waals surface area contributed by atoms with Gasteiger partial charge >= 0.3 is 0 Å². The monoisotopic (exact) mass is 437 g/mol. The van der Waals surface area contributed by atoms with Gasteiger partial charge in [0, 0.05) is 17.9 Å². The molecule has 2 aromatic rings. The molecule has 0 spiro atoms. The molecular formula is C18H17Br2NO2. The van der Waals surface area contributed by atoms with Gasteiger partial charge in [-0.15, -0.1) is 0 Å².